The van der Waals surface area contributed by atoms with E-state index in [0.717, 1.165) is 32.3 Å². The number of ether oxygens (including phenoxy) is 3. The van der Waals surface area contributed by atoms with Gasteiger partial charge < -0.3 is 14.2 Å². The first kappa shape index (κ1) is 13.0. The first-order chi connectivity index (χ1) is 8.26. The molecule has 2 unspecified atom stereocenters. The van der Waals surface area contributed by atoms with Gasteiger partial charge in [0.15, 0.2) is 0 Å². The Bertz CT molecular complexity index is 258. The zero-order valence-corrected chi connectivity index (χ0v) is 10.6. The Kier molecular flexibility index (Phi) is 4.54. The van der Waals surface area contributed by atoms with Gasteiger partial charge in [-0.25, -0.2) is 0 Å². The van der Waals surface area contributed by atoms with Gasteiger partial charge >= 0.3 is 0 Å². The molecule has 4 nitrogen and oxygen atoms in total. The second-order valence-corrected chi connectivity index (χ2v) is 5.09. The molecule has 0 saturated carbocycles. The summed E-state index contributed by atoms with van der Waals surface area (Å²) in [5.74, 6) is 0.541. The van der Waals surface area contributed by atoms with Crippen molar-refractivity contribution in [2.75, 3.05) is 33.5 Å². The lowest BCUT2D eigenvalue weighted by atomic mass is 9.82. The molecule has 0 N–H and O–H groups in total. The maximum Gasteiger partial charge on any atom is 0.136 e. The first-order valence-electron chi connectivity index (χ1n) is 6.49. The molecule has 0 radical (unpaired) electrons. The minimum atomic E-state index is -0.153. The minimum absolute atomic E-state index is 0.153. The Labute approximate surface area is 103 Å². The van der Waals surface area contributed by atoms with Crippen LogP contribution >= 0.6 is 0 Å². The van der Waals surface area contributed by atoms with Gasteiger partial charge in [-0.15, -0.1) is 0 Å². The fraction of sp³-hybridized carbons (Fsp3) is 0.923. The fourth-order valence-electron chi connectivity index (χ4n) is 2.76. The van der Waals surface area contributed by atoms with Crippen molar-refractivity contribution in [2.24, 2.45) is 5.92 Å². The molecule has 2 aliphatic rings. The third-order valence-corrected chi connectivity index (χ3v) is 3.79. The Balaban J connectivity index is 1.82. The fourth-order valence-corrected chi connectivity index (χ4v) is 2.76. The zero-order chi connectivity index (χ0) is 12.1. The molecule has 0 amide bonds. The summed E-state index contributed by atoms with van der Waals surface area (Å²) in [7, 11) is 1.67. The average molecular weight is 242 g/mol. The smallest absolute Gasteiger partial charge is 0.136 e. The minimum Gasteiger partial charge on any atom is -0.385 e. The van der Waals surface area contributed by atoms with E-state index in [1.165, 1.54) is 0 Å². The van der Waals surface area contributed by atoms with E-state index in [-0.39, 0.29) is 11.5 Å². The predicted molar refractivity (Wildman–Crippen MR) is 63.0 cm³/mol. The highest BCUT2D eigenvalue weighted by atomic mass is 16.6. The lowest BCUT2D eigenvalue weighted by Gasteiger charge is -2.36. The molecule has 1 spiro atoms. The summed E-state index contributed by atoms with van der Waals surface area (Å²) in [5, 5.41) is 0. The number of rotatable bonds is 5. The summed E-state index contributed by atoms with van der Waals surface area (Å²) in [6, 6.07) is 0. The molecule has 2 aliphatic heterocycles. The van der Waals surface area contributed by atoms with E-state index in [4.69, 9.17) is 14.2 Å². The molecule has 0 aromatic rings. The van der Waals surface area contributed by atoms with E-state index < -0.39 is 0 Å². The van der Waals surface area contributed by atoms with Crippen LogP contribution in [-0.2, 0) is 19.0 Å². The molecule has 0 aliphatic carbocycles. The summed E-state index contributed by atoms with van der Waals surface area (Å²) in [6.07, 6.45) is 4.12. The van der Waals surface area contributed by atoms with E-state index in [2.05, 4.69) is 0 Å². The second kappa shape index (κ2) is 5.94. The van der Waals surface area contributed by atoms with E-state index >= 15 is 0 Å². The van der Waals surface area contributed by atoms with Gasteiger partial charge in [0.2, 0.25) is 0 Å². The van der Waals surface area contributed by atoms with Crippen LogP contribution in [0.25, 0.3) is 0 Å². The summed E-state index contributed by atoms with van der Waals surface area (Å²) >= 11 is 0. The van der Waals surface area contributed by atoms with E-state index in [9.17, 15) is 4.79 Å². The molecule has 0 bridgehead atoms. The largest absolute Gasteiger partial charge is 0.385 e. The lowest BCUT2D eigenvalue weighted by molar-refractivity contribution is -0.137. The Morgan fingerprint density at radius 3 is 3.06 bits per heavy atom. The van der Waals surface area contributed by atoms with Gasteiger partial charge in [-0.1, -0.05) is 0 Å². The normalized spacial score (nSPS) is 33.1. The van der Waals surface area contributed by atoms with Crippen LogP contribution in [0, 0.1) is 5.92 Å². The Morgan fingerprint density at radius 1 is 1.47 bits per heavy atom. The highest BCUT2D eigenvalue weighted by Gasteiger charge is 2.42. The first-order valence-corrected chi connectivity index (χ1v) is 6.49. The van der Waals surface area contributed by atoms with Gasteiger partial charge in [0, 0.05) is 45.7 Å². The molecule has 98 valence electrons. The summed E-state index contributed by atoms with van der Waals surface area (Å²) in [6.45, 7) is 2.80. The molecule has 0 aromatic carbocycles. The third-order valence-electron chi connectivity index (χ3n) is 3.79. The molecule has 2 atom stereocenters. The number of Topliss-reactive ketones (excluding diaryl/α,β-unsaturated/α-hetero) is 1. The highest BCUT2D eigenvalue weighted by molar-refractivity contribution is 5.81. The maximum atomic E-state index is 12.1. The Hall–Kier alpha value is -0.450. The van der Waals surface area contributed by atoms with Crippen molar-refractivity contribution in [1.82, 2.24) is 0 Å². The molecular weight excluding hydrogens is 220 g/mol. The van der Waals surface area contributed by atoms with Crippen molar-refractivity contribution in [3.05, 3.63) is 0 Å². The van der Waals surface area contributed by atoms with Crippen molar-refractivity contribution in [2.45, 2.75) is 37.7 Å². The molecule has 17 heavy (non-hydrogen) atoms. The summed E-state index contributed by atoms with van der Waals surface area (Å²) < 4.78 is 16.2. The van der Waals surface area contributed by atoms with Crippen LogP contribution in [-0.4, -0.2) is 44.9 Å². The van der Waals surface area contributed by atoms with Crippen LogP contribution < -0.4 is 0 Å². The number of hydrogen-bond acceptors (Lipinski definition) is 4. The van der Waals surface area contributed by atoms with Gasteiger partial charge in [-0.2, -0.15) is 0 Å². The van der Waals surface area contributed by atoms with Gasteiger partial charge in [0.25, 0.3) is 0 Å². The molecule has 2 fully saturated rings. The number of methoxy groups -OCH3 is 1. The summed E-state index contributed by atoms with van der Waals surface area (Å²) in [4.78, 5) is 12.1. The van der Waals surface area contributed by atoms with Gasteiger partial charge in [0.1, 0.15) is 5.78 Å². The number of carbonyl (C=O) groups is 1. The van der Waals surface area contributed by atoms with Crippen LogP contribution in [0.15, 0.2) is 0 Å². The van der Waals surface area contributed by atoms with Crippen molar-refractivity contribution < 1.29 is 19.0 Å². The van der Waals surface area contributed by atoms with Crippen molar-refractivity contribution in [3.8, 4) is 0 Å². The molecule has 0 aromatic heterocycles. The standard InChI is InChI=1S/C13H22O4/c1-15-6-2-3-12(14)11-4-7-17-13(9-11)5-8-16-10-13/h11H,2-10H2,1H3. The van der Waals surface area contributed by atoms with Crippen LogP contribution in [0.4, 0.5) is 0 Å². The Morgan fingerprint density at radius 2 is 2.35 bits per heavy atom. The van der Waals surface area contributed by atoms with Gasteiger partial charge in [-0.3, -0.25) is 4.79 Å². The van der Waals surface area contributed by atoms with Crippen LogP contribution in [0.5, 0.6) is 0 Å². The number of carbonyl (C=O) groups excluding carboxylic acids is 1. The number of ketones is 1. The van der Waals surface area contributed by atoms with E-state index in [0.29, 0.717) is 32.0 Å². The maximum absolute atomic E-state index is 12.1. The second-order valence-electron chi connectivity index (χ2n) is 5.09. The molecule has 4 heteroatoms. The lowest BCUT2D eigenvalue weighted by Crippen LogP contribution is -2.42. The molecule has 2 saturated heterocycles. The molecular formula is C13H22O4. The SMILES string of the molecule is COCCCC(=O)C1CCOC2(CCOC2)C1. The van der Waals surface area contributed by atoms with E-state index in [1.807, 2.05) is 0 Å². The van der Waals surface area contributed by atoms with Crippen LogP contribution in [0.2, 0.25) is 0 Å². The molecule has 2 rings (SSSR count). The number of hydrogen-bond donors (Lipinski definition) is 0. The zero-order valence-electron chi connectivity index (χ0n) is 10.6. The van der Waals surface area contributed by atoms with Crippen molar-refractivity contribution >= 4 is 5.78 Å². The third kappa shape index (κ3) is 3.27. The van der Waals surface area contributed by atoms with Gasteiger partial charge in [0.05, 0.1) is 12.2 Å². The summed E-state index contributed by atoms with van der Waals surface area (Å²) in [5.41, 5.74) is -0.153. The van der Waals surface area contributed by atoms with Crippen molar-refractivity contribution in [3.63, 3.8) is 0 Å². The van der Waals surface area contributed by atoms with Gasteiger partial charge in [-0.05, 0) is 19.3 Å². The quantitative estimate of drug-likeness (QED) is 0.686. The van der Waals surface area contributed by atoms with E-state index in [1.54, 1.807) is 7.11 Å². The monoisotopic (exact) mass is 242 g/mol. The molecule has 2 heterocycles. The highest BCUT2D eigenvalue weighted by Crippen LogP contribution is 2.36. The van der Waals surface area contributed by atoms with Crippen LogP contribution in [0.1, 0.15) is 32.1 Å². The van der Waals surface area contributed by atoms with Crippen LogP contribution in [0.3, 0.4) is 0 Å². The predicted octanol–water partition coefficient (Wildman–Crippen LogP) is 1.57. The topological polar surface area (TPSA) is 44.8 Å². The van der Waals surface area contributed by atoms with Crippen molar-refractivity contribution in [1.29, 1.82) is 0 Å². The average Bonchev–Trinajstić information content (AvgIpc) is 2.77.